The zero-order chi connectivity index (χ0) is 17.3. The van der Waals surface area contributed by atoms with E-state index < -0.39 is 11.7 Å². The molecule has 0 aromatic heterocycles. The molecule has 0 unspecified atom stereocenters. The number of hydrogen-bond donors (Lipinski definition) is 2. The second-order valence-corrected chi connectivity index (χ2v) is 6.70. The summed E-state index contributed by atoms with van der Waals surface area (Å²) in [7, 11) is 0. The first kappa shape index (κ1) is 19.3. The molecule has 0 fully saturated rings. The number of amides is 2. The van der Waals surface area contributed by atoms with Crippen LogP contribution >= 0.6 is 11.6 Å². The van der Waals surface area contributed by atoms with E-state index in [2.05, 4.69) is 10.6 Å². The first-order valence-electron chi connectivity index (χ1n) is 7.74. The summed E-state index contributed by atoms with van der Waals surface area (Å²) in [6.45, 7) is 6.40. The smallest absolute Gasteiger partial charge is 0.407 e. The van der Waals surface area contributed by atoms with Crippen molar-refractivity contribution in [2.75, 3.05) is 13.1 Å². The van der Waals surface area contributed by atoms with Gasteiger partial charge in [-0.3, -0.25) is 4.79 Å². The third-order valence-corrected chi connectivity index (χ3v) is 3.11. The number of ether oxygens (including phenoxy) is 1. The Balaban J connectivity index is 2.10. The molecule has 0 aliphatic heterocycles. The van der Waals surface area contributed by atoms with Gasteiger partial charge in [0, 0.05) is 24.5 Å². The van der Waals surface area contributed by atoms with Gasteiger partial charge in [0.1, 0.15) is 5.60 Å². The van der Waals surface area contributed by atoms with Crippen LogP contribution in [0.5, 0.6) is 0 Å². The highest BCUT2D eigenvalue weighted by Crippen LogP contribution is 2.10. The van der Waals surface area contributed by atoms with Crippen LogP contribution in [0.4, 0.5) is 4.79 Å². The third kappa shape index (κ3) is 9.79. The first-order valence-corrected chi connectivity index (χ1v) is 8.12. The second-order valence-electron chi connectivity index (χ2n) is 6.26. The summed E-state index contributed by atoms with van der Waals surface area (Å²) < 4.78 is 5.11. The molecule has 0 bridgehead atoms. The number of hydrogen-bond acceptors (Lipinski definition) is 3. The summed E-state index contributed by atoms with van der Waals surface area (Å²) >= 11 is 5.90. The van der Waals surface area contributed by atoms with E-state index in [0.29, 0.717) is 31.0 Å². The molecule has 6 heteroatoms. The lowest BCUT2D eigenvalue weighted by molar-refractivity contribution is -0.121. The van der Waals surface area contributed by atoms with Crippen molar-refractivity contribution in [1.82, 2.24) is 10.6 Å². The van der Waals surface area contributed by atoms with Gasteiger partial charge in [-0.2, -0.15) is 0 Å². The number of halogens is 1. The van der Waals surface area contributed by atoms with Crippen molar-refractivity contribution in [3.8, 4) is 0 Å². The number of carbonyl (C=O) groups excluding carboxylic acids is 2. The molecule has 0 aliphatic rings. The molecule has 5 nitrogen and oxygen atoms in total. The van der Waals surface area contributed by atoms with Crippen LogP contribution in [0.25, 0.3) is 0 Å². The molecule has 1 aromatic carbocycles. The van der Waals surface area contributed by atoms with Crippen LogP contribution in [-0.2, 0) is 16.0 Å². The van der Waals surface area contributed by atoms with E-state index in [-0.39, 0.29) is 5.91 Å². The van der Waals surface area contributed by atoms with Crippen LogP contribution < -0.4 is 10.6 Å². The Hall–Kier alpha value is -1.75. The Labute approximate surface area is 142 Å². The lowest BCUT2D eigenvalue weighted by atomic mass is 10.1. The SMILES string of the molecule is CC(C)(C)OC(=O)NCCCC(=O)NCCc1cccc(Cl)c1. The van der Waals surface area contributed by atoms with E-state index in [1.165, 1.54) is 0 Å². The van der Waals surface area contributed by atoms with Gasteiger partial charge in [-0.05, 0) is 51.3 Å². The first-order chi connectivity index (χ1) is 10.8. The molecule has 1 aromatic rings. The van der Waals surface area contributed by atoms with Crippen molar-refractivity contribution < 1.29 is 14.3 Å². The largest absolute Gasteiger partial charge is 0.444 e. The monoisotopic (exact) mass is 340 g/mol. The Kier molecular flexibility index (Phi) is 7.89. The van der Waals surface area contributed by atoms with E-state index in [0.717, 1.165) is 12.0 Å². The van der Waals surface area contributed by atoms with Gasteiger partial charge in [0.15, 0.2) is 0 Å². The van der Waals surface area contributed by atoms with Crippen molar-refractivity contribution in [1.29, 1.82) is 0 Å². The Morgan fingerprint density at radius 3 is 2.57 bits per heavy atom. The number of benzene rings is 1. The summed E-state index contributed by atoms with van der Waals surface area (Å²) in [6, 6.07) is 7.57. The van der Waals surface area contributed by atoms with Gasteiger partial charge in [0.05, 0.1) is 0 Å². The summed E-state index contributed by atoms with van der Waals surface area (Å²) in [6.07, 6.45) is 1.22. The van der Waals surface area contributed by atoms with Crippen LogP contribution in [0.2, 0.25) is 5.02 Å². The average molecular weight is 341 g/mol. The van der Waals surface area contributed by atoms with E-state index in [9.17, 15) is 9.59 Å². The van der Waals surface area contributed by atoms with Crippen LogP contribution in [0.3, 0.4) is 0 Å². The van der Waals surface area contributed by atoms with Crippen molar-refractivity contribution in [2.24, 2.45) is 0 Å². The molecular weight excluding hydrogens is 316 g/mol. The molecule has 2 amide bonds. The fourth-order valence-corrected chi connectivity index (χ4v) is 2.09. The molecular formula is C17H25ClN2O3. The summed E-state index contributed by atoms with van der Waals surface area (Å²) in [4.78, 5) is 23.1. The lowest BCUT2D eigenvalue weighted by Crippen LogP contribution is -2.33. The minimum absolute atomic E-state index is 0.0296. The van der Waals surface area contributed by atoms with Crippen LogP contribution in [0, 0.1) is 0 Å². The minimum Gasteiger partial charge on any atom is -0.444 e. The number of rotatable bonds is 7. The predicted molar refractivity (Wildman–Crippen MR) is 91.6 cm³/mol. The number of alkyl carbamates (subject to hydrolysis) is 1. The van der Waals surface area contributed by atoms with Crippen molar-refractivity contribution in [3.63, 3.8) is 0 Å². The van der Waals surface area contributed by atoms with Gasteiger partial charge in [0.2, 0.25) is 5.91 Å². The Morgan fingerprint density at radius 1 is 1.17 bits per heavy atom. The maximum atomic E-state index is 11.7. The zero-order valence-corrected chi connectivity index (χ0v) is 14.7. The molecule has 0 radical (unpaired) electrons. The van der Waals surface area contributed by atoms with E-state index in [1.54, 1.807) is 20.8 Å². The highest BCUT2D eigenvalue weighted by atomic mass is 35.5. The van der Waals surface area contributed by atoms with Crippen molar-refractivity contribution in [3.05, 3.63) is 34.9 Å². The Bertz CT molecular complexity index is 527. The van der Waals surface area contributed by atoms with E-state index in [1.807, 2.05) is 24.3 Å². The van der Waals surface area contributed by atoms with Gasteiger partial charge in [0.25, 0.3) is 0 Å². The normalized spacial score (nSPS) is 11.0. The molecule has 23 heavy (non-hydrogen) atoms. The molecule has 0 saturated carbocycles. The molecule has 0 atom stereocenters. The molecule has 0 saturated heterocycles. The fourth-order valence-electron chi connectivity index (χ4n) is 1.88. The Morgan fingerprint density at radius 2 is 1.91 bits per heavy atom. The maximum absolute atomic E-state index is 11.7. The molecule has 1 rings (SSSR count). The summed E-state index contributed by atoms with van der Waals surface area (Å²) in [5, 5.41) is 6.17. The van der Waals surface area contributed by atoms with E-state index in [4.69, 9.17) is 16.3 Å². The molecule has 0 aliphatic carbocycles. The van der Waals surface area contributed by atoms with Crippen LogP contribution in [-0.4, -0.2) is 30.7 Å². The highest BCUT2D eigenvalue weighted by Gasteiger charge is 2.15. The lowest BCUT2D eigenvalue weighted by Gasteiger charge is -2.19. The topological polar surface area (TPSA) is 67.4 Å². The standard InChI is InChI=1S/C17H25ClN2O3/c1-17(2,3)23-16(22)20-10-5-8-15(21)19-11-9-13-6-4-7-14(18)12-13/h4,6-7,12H,5,8-11H2,1-3H3,(H,19,21)(H,20,22). The molecule has 0 spiro atoms. The van der Waals surface area contributed by atoms with E-state index >= 15 is 0 Å². The van der Waals surface area contributed by atoms with Crippen molar-refractivity contribution in [2.45, 2.75) is 45.6 Å². The van der Waals surface area contributed by atoms with Crippen LogP contribution in [0.15, 0.2) is 24.3 Å². The predicted octanol–water partition coefficient (Wildman–Crippen LogP) is 3.30. The fraction of sp³-hybridized carbons (Fsp3) is 0.529. The third-order valence-electron chi connectivity index (χ3n) is 2.87. The van der Waals surface area contributed by atoms with Gasteiger partial charge < -0.3 is 15.4 Å². The second kappa shape index (κ2) is 9.40. The molecule has 128 valence electrons. The zero-order valence-electron chi connectivity index (χ0n) is 13.9. The maximum Gasteiger partial charge on any atom is 0.407 e. The van der Waals surface area contributed by atoms with Crippen LogP contribution in [0.1, 0.15) is 39.2 Å². The van der Waals surface area contributed by atoms with Gasteiger partial charge in [-0.15, -0.1) is 0 Å². The molecule has 2 N–H and O–H groups in total. The quantitative estimate of drug-likeness (QED) is 0.748. The minimum atomic E-state index is -0.512. The highest BCUT2D eigenvalue weighted by molar-refractivity contribution is 6.30. The van der Waals surface area contributed by atoms with Gasteiger partial charge >= 0.3 is 6.09 Å². The van der Waals surface area contributed by atoms with Crippen molar-refractivity contribution >= 4 is 23.6 Å². The van der Waals surface area contributed by atoms with Gasteiger partial charge in [-0.25, -0.2) is 4.79 Å². The molecule has 0 heterocycles. The number of carbonyl (C=O) groups is 2. The summed E-state index contributed by atoms with van der Waals surface area (Å²) in [5.74, 6) is -0.0296. The number of nitrogens with one attached hydrogen (secondary N) is 2. The van der Waals surface area contributed by atoms with Gasteiger partial charge in [-0.1, -0.05) is 23.7 Å². The summed E-state index contributed by atoms with van der Waals surface area (Å²) in [5.41, 5.74) is 0.575. The average Bonchev–Trinajstić information content (AvgIpc) is 2.42.